The Morgan fingerprint density at radius 1 is 1.09 bits per heavy atom. The van der Waals surface area contributed by atoms with Crippen molar-refractivity contribution in [2.75, 3.05) is 17.3 Å². The number of thioether (sulfide) groups is 1. The van der Waals surface area contributed by atoms with Crippen LogP contribution in [0.2, 0.25) is 0 Å². The molecule has 0 saturated carbocycles. The van der Waals surface area contributed by atoms with Crippen LogP contribution in [0.25, 0.3) is 22.4 Å². The number of rotatable bonds is 10. The number of aromatic nitrogens is 1. The van der Waals surface area contributed by atoms with E-state index in [9.17, 15) is 18.8 Å². The molecule has 7 heteroatoms. The normalized spacial score (nSPS) is 12.3. The van der Waals surface area contributed by atoms with Crippen LogP contribution in [0.15, 0.2) is 65.7 Å². The average molecular weight is 481 g/mol. The number of hydrogen-bond donors (Lipinski definition) is 1. The minimum Gasteiger partial charge on any atom is -0.391 e. The van der Waals surface area contributed by atoms with Gasteiger partial charge in [-0.1, -0.05) is 73.5 Å². The summed E-state index contributed by atoms with van der Waals surface area (Å²) in [6, 6.07) is 21.8. The van der Waals surface area contributed by atoms with E-state index in [0.717, 1.165) is 34.4 Å². The first-order chi connectivity index (χ1) is 15.8. The molecule has 1 atom stereocenters. The Balaban J connectivity index is 1.95. The molecule has 3 aromatic rings. The summed E-state index contributed by atoms with van der Waals surface area (Å²) in [6.45, 7) is 3.95. The van der Waals surface area contributed by atoms with Crippen LogP contribution in [-0.4, -0.2) is 41.9 Å². The fourth-order valence-electron chi connectivity index (χ4n) is 3.42. The molecular formula is C26H28N2O3S2. The van der Waals surface area contributed by atoms with Crippen LogP contribution in [0.4, 0.5) is 0 Å². The third-order valence-electron chi connectivity index (χ3n) is 5.20. The first kappa shape index (κ1) is 25.0. The number of nitrogens with zero attached hydrogens (tertiary/aromatic N) is 2. The average Bonchev–Trinajstić information content (AvgIpc) is 2.81. The summed E-state index contributed by atoms with van der Waals surface area (Å²) in [5, 5.41) is 20.8. The third-order valence-corrected chi connectivity index (χ3v) is 8.12. The van der Waals surface area contributed by atoms with Crippen molar-refractivity contribution in [1.29, 1.82) is 5.26 Å². The molecule has 0 radical (unpaired) electrons. The van der Waals surface area contributed by atoms with E-state index in [1.165, 1.54) is 11.8 Å². The molecule has 2 aromatic carbocycles. The molecule has 0 unspecified atom stereocenters. The maximum Gasteiger partial charge on any atom is 0.152 e. The first-order valence-electron chi connectivity index (χ1n) is 10.9. The van der Waals surface area contributed by atoms with Crippen LogP contribution in [0.5, 0.6) is 0 Å². The Morgan fingerprint density at radius 2 is 1.79 bits per heavy atom. The Hall–Kier alpha value is -2.66. The van der Waals surface area contributed by atoms with E-state index >= 15 is 0 Å². The minimum atomic E-state index is -3.32. The number of benzene rings is 2. The Labute approximate surface area is 200 Å². The van der Waals surface area contributed by atoms with E-state index in [1.54, 1.807) is 0 Å². The number of aliphatic hydroxyl groups excluding tert-OH is 1. The topological polar surface area (TPSA) is 91.1 Å². The van der Waals surface area contributed by atoms with Gasteiger partial charge in [0.2, 0.25) is 0 Å². The summed E-state index contributed by atoms with van der Waals surface area (Å²) in [7, 11) is -3.32. The molecule has 0 aliphatic heterocycles. The van der Waals surface area contributed by atoms with Crippen molar-refractivity contribution in [3.8, 4) is 28.5 Å². The molecule has 0 spiro atoms. The van der Waals surface area contributed by atoms with E-state index in [-0.39, 0.29) is 17.3 Å². The van der Waals surface area contributed by atoms with Gasteiger partial charge >= 0.3 is 0 Å². The van der Waals surface area contributed by atoms with Gasteiger partial charge in [-0.05, 0) is 25.0 Å². The Morgan fingerprint density at radius 3 is 2.42 bits per heavy atom. The highest BCUT2D eigenvalue weighted by Crippen LogP contribution is 2.34. The van der Waals surface area contributed by atoms with Gasteiger partial charge in [0.1, 0.15) is 11.1 Å². The standard InChI is InChI=1S/C26H28N2O3S2/c1-3-4-14-33(30,31)18-22(29)17-32-26-24(16-27)23(20-8-6-5-7-9-20)15-25(28-26)21-12-10-19(2)11-13-21/h5-13,15,22,29H,3-4,14,17-18H2,1-2H3/t22-/m0/s1. The number of aryl methyl sites for hydroxylation is 1. The van der Waals surface area contributed by atoms with Gasteiger partial charge in [-0.25, -0.2) is 13.4 Å². The molecule has 0 aliphatic rings. The van der Waals surface area contributed by atoms with E-state index in [2.05, 4.69) is 6.07 Å². The van der Waals surface area contributed by atoms with Gasteiger partial charge < -0.3 is 5.11 Å². The minimum absolute atomic E-state index is 0.0774. The molecule has 0 aliphatic carbocycles. The van der Waals surface area contributed by atoms with Crippen molar-refractivity contribution < 1.29 is 13.5 Å². The van der Waals surface area contributed by atoms with E-state index in [1.807, 2.05) is 74.5 Å². The summed E-state index contributed by atoms with van der Waals surface area (Å²) >= 11 is 1.22. The van der Waals surface area contributed by atoms with E-state index in [0.29, 0.717) is 17.0 Å². The lowest BCUT2D eigenvalue weighted by molar-refractivity contribution is 0.222. The van der Waals surface area contributed by atoms with Gasteiger partial charge in [0, 0.05) is 16.9 Å². The number of unbranched alkanes of at least 4 members (excludes halogenated alkanes) is 1. The van der Waals surface area contributed by atoms with Crippen molar-refractivity contribution in [2.24, 2.45) is 0 Å². The van der Waals surface area contributed by atoms with Gasteiger partial charge in [0.25, 0.3) is 0 Å². The van der Waals surface area contributed by atoms with Crippen molar-refractivity contribution >= 4 is 21.6 Å². The van der Waals surface area contributed by atoms with Crippen molar-refractivity contribution in [1.82, 2.24) is 4.98 Å². The zero-order chi connectivity index (χ0) is 23.8. The fraction of sp³-hybridized carbons (Fsp3) is 0.308. The molecule has 0 amide bonds. The molecule has 172 valence electrons. The molecule has 0 bridgehead atoms. The van der Waals surface area contributed by atoms with Crippen LogP contribution >= 0.6 is 11.8 Å². The molecule has 1 aromatic heterocycles. The fourth-order valence-corrected chi connectivity index (χ4v) is 6.10. The van der Waals surface area contributed by atoms with Gasteiger partial charge in [-0.2, -0.15) is 5.26 Å². The predicted octanol–water partition coefficient (Wildman–Crippen LogP) is 5.26. The SMILES string of the molecule is CCCCS(=O)(=O)C[C@@H](O)CSc1nc(-c2ccc(C)cc2)cc(-c2ccccc2)c1C#N. The number of nitriles is 1. The molecule has 5 nitrogen and oxygen atoms in total. The van der Waals surface area contributed by atoms with Crippen LogP contribution in [0, 0.1) is 18.3 Å². The zero-order valence-corrected chi connectivity index (χ0v) is 20.5. The Bertz CT molecular complexity index is 1220. The summed E-state index contributed by atoms with van der Waals surface area (Å²) < 4.78 is 24.4. The van der Waals surface area contributed by atoms with Crippen LogP contribution in [-0.2, 0) is 9.84 Å². The van der Waals surface area contributed by atoms with E-state index in [4.69, 9.17) is 4.98 Å². The largest absolute Gasteiger partial charge is 0.391 e. The van der Waals surface area contributed by atoms with Crippen molar-refractivity contribution in [3.05, 3.63) is 71.8 Å². The quantitative estimate of drug-likeness (QED) is 0.398. The summed E-state index contributed by atoms with van der Waals surface area (Å²) in [6.07, 6.45) is 0.336. The number of aliphatic hydroxyl groups is 1. The van der Waals surface area contributed by atoms with Gasteiger partial charge in [0.05, 0.1) is 28.9 Å². The van der Waals surface area contributed by atoms with Gasteiger partial charge in [-0.3, -0.25) is 0 Å². The molecule has 33 heavy (non-hydrogen) atoms. The van der Waals surface area contributed by atoms with Crippen molar-refractivity contribution in [2.45, 2.75) is 37.8 Å². The lowest BCUT2D eigenvalue weighted by atomic mass is 9.99. The Kier molecular flexibility index (Phi) is 8.67. The molecule has 0 fully saturated rings. The predicted molar refractivity (Wildman–Crippen MR) is 135 cm³/mol. The maximum absolute atomic E-state index is 12.2. The highest BCUT2D eigenvalue weighted by atomic mass is 32.2. The van der Waals surface area contributed by atoms with Crippen LogP contribution in [0.1, 0.15) is 30.9 Å². The lowest BCUT2D eigenvalue weighted by Gasteiger charge is -2.15. The van der Waals surface area contributed by atoms with E-state index < -0.39 is 15.9 Å². The van der Waals surface area contributed by atoms with Crippen molar-refractivity contribution in [3.63, 3.8) is 0 Å². The molecule has 0 saturated heterocycles. The smallest absolute Gasteiger partial charge is 0.152 e. The number of pyridine rings is 1. The monoisotopic (exact) mass is 480 g/mol. The lowest BCUT2D eigenvalue weighted by Crippen LogP contribution is -2.25. The molecule has 1 N–H and O–H groups in total. The summed E-state index contributed by atoms with van der Waals surface area (Å²) in [5.74, 6) is -0.0717. The highest BCUT2D eigenvalue weighted by molar-refractivity contribution is 7.99. The number of hydrogen-bond acceptors (Lipinski definition) is 6. The molecule has 3 rings (SSSR count). The summed E-state index contributed by atoms with van der Waals surface area (Å²) in [5.41, 5.74) is 4.86. The molecule has 1 heterocycles. The first-order valence-corrected chi connectivity index (χ1v) is 13.7. The molecular weight excluding hydrogens is 452 g/mol. The van der Waals surface area contributed by atoms with Gasteiger partial charge in [0.15, 0.2) is 9.84 Å². The number of sulfone groups is 1. The highest BCUT2D eigenvalue weighted by Gasteiger charge is 2.20. The van der Waals surface area contributed by atoms with Crippen LogP contribution in [0.3, 0.4) is 0 Å². The second-order valence-corrected chi connectivity index (χ2v) is 11.2. The van der Waals surface area contributed by atoms with Gasteiger partial charge in [-0.15, -0.1) is 11.8 Å². The second kappa shape index (κ2) is 11.5. The second-order valence-electron chi connectivity index (χ2n) is 8.01. The summed E-state index contributed by atoms with van der Waals surface area (Å²) in [4.78, 5) is 4.73. The maximum atomic E-state index is 12.2. The zero-order valence-electron chi connectivity index (χ0n) is 18.9. The van der Waals surface area contributed by atoms with Crippen LogP contribution < -0.4 is 0 Å². The third kappa shape index (κ3) is 6.91.